The van der Waals surface area contributed by atoms with Crippen molar-refractivity contribution < 1.29 is 9.47 Å². The number of rotatable bonds is 4. The highest BCUT2D eigenvalue weighted by molar-refractivity contribution is 5.90. The van der Waals surface area contributed by atoms with Crippen LogP contribution in [0.15, 0.2) is 43.2 Å². The van der Waals surface area contributed by atoms with Gasteiger partial charge in [0.15, 0.2) is 0 Å². The van der Waals surface area contributed by atoms with Crippen molar-refractivity contribution >= 4 is 10.8 Å². The van der Waals surface area contributed by atoms with E-state index < -0.39 is 0 Å². The van der Waals surface area contributed by atoms with E-state index in [9.17, 15) is 0 Å². The van der Waals surface area contributed by atoms with Gasteiger partial charge in [-0.15, -0.1) is 6.42 Å². The molecule has 2 rings (SSSR count). The minimum atomic E-state index is 0.255. The molecule has 18 heavy (non-hydrogen) atoms. The van der Waals surface area contributed by atoms with Crippen molar-refractivity contribution in [3.63, 3.8) is 0 Å². The minimum absolute atomic E-state index is 0.255. The van der Waals surface area contributed by atoms with Crippen LogP contribution in [0.25, 0.3) is 10.8 Å². The van der Waals surface area contributed by atoms with E-state index in [1.165, 1.54) is 6.26 Å². The second-order valence-corrected chi connectivity index (χ2v) is 3.87. The maximum atomic E-state index is 5.52. The standard InChI is InChI=1S/C16H14O2/c1-4-9-18-15-8-6-7-13-10-12(3)16(17-5-2)11-14(13)15/h1,5-8,10-11H,2,9H2,3H3. The summed E-state index contributed by atoms with van der Waals surface area (Å²) in [7, 11) is 0. The molecule has 2 aromatic carbocycles. The fourth-order valence-electron chi connectivity index (χ4n) is 1.85. The Morgan fingerprint density at radius 2 is 2.17 bits per heavy atom. The molecule has 0 saturated heterocycles. The van der Waals surface area contributed by atoms with Crippen LogP contribution in [0.5, 0.6) is 11.5 Å². The highest BCUT2D eigenvalue weighted by Gasteiger charge is 2.06. The summed E-state index contributed by atoms with van der Waals surface area (Å²) in [5.41, 5.74) is 1.05. The first-order valence-corrected chi connectivity index (χ1v) is 5.63. The predicted molar refractivity (Wildman–Crippen MR) is 73.8 cm³/mol. The van der Waals surface area contributed by atoms with Gasteiger partial charge in [-0.3, -0.25) is 0 Å². The quantitative estimate of drug-likeness (QED) is 0.597. The molecule has 0 aromatic heterocycles. The smallest absolute Gasteiger partial charge is 0.148 e. The molecule has 0 spiro atoms. The summed E-state index contributed by atoms with van der Waals surface area (Å²) in [5, 5.41) is 2.08. The van der Waals surface area contributed by atoms with Gasteiger partial charge in [-0.25, -0.2) is 0 Å². The third-order valence-corrected chi connectivity index (χ3v) is 2.66. The predicted octanol–water partition coefficient (Wildman–Crippen LogP) is 3.68. The van der Waals surface area contributed by atoms with Crippen LogP contribution >= 0.6 is 0 Å². The average Bonchev–Trinajstić information content (AvgIpc) is 2.37. The van der Waals surface area contributed by atoms with Crippen molar-refractivity contribution in [3.05, 3.63) is 48.7 Å². The molecule has 0 atom stereocenters. The van der Waals surface area contributed by atoms with E-state index >= 15 is 0 Å². The zero-order chi connectivity index (χ0) is 13.0. The van der Waals surface area contributed by atoms with E-state index in [0.717, 1.165) is 27.8 Å². The molecular formula is C16H14O2. The van der Waals surface area contributed by atoms with E-state index in [0.29, 0.717) is 0 Å². The second-order valence-electron chi connectivity index (χ2n) is 3.87. The second kappa shape index (κ2) is 5.29. The van der Waals surface area contributed by atoms with Gasteiger partial charge in [0.05, 0.1) is 6.26 Å². The molecule has 90 valence electrons. The van der Waals surface area contributed by atoms with Crippen molar-refractivity contribution in [1.82, 2.24) is 0 Å². The lowest BCUT2D eigenvalue weighted by atomic mass is 10.1. The molecular weight excluding hydrogens is 224 g/mol. The molecule has 0 aliphatic carbocycles. The molecule has 2 nitrogen and oxygen atoms in total. The number of ether oxygens (including phenoxy) is 2. The van der Waals surface area contributed by atoms with Crippen LogP contribution < -0.4 is 9.47 Å². The zero-order valence-electron chi connectivity index (χ0n) is 10.3. The van der Waals surface area contributed by atoms with Gasteiger partial charge in [0.1, 0.15) is 18.1 Å². The van der Waals surface area contributed by atoms with Gasteiger partial charge in [-0.1, -0.05) is 24.6 Å². The molecule has 0 amide bonds. The summed E-state index contributed by atoms with van der Waals surface area (Å²) in [5.74, 6) is 4.00. The Kier molecular flexibility index (Phi) is 3.54. The highest BCUT2D eigenvalue weighted by atomic mass is 16.5. The van der Waals surface area contributed by atoms with Crippen molar-refractivity contribution in [2.45, 2.75) is 6.92 Å². The molecule has 2 heteroatoms. The molecule has 0 bridgehead atoms. The molecule has 2 aromatic rings. The van der Waals surface area contributed by atoms with Gasteiger partial charge in [-0.05, 0) is 36.1 Å². The monoisotopic (exact) mass is 238 g/mol. The van der Waals surface area contributed by atoms with Crippen LogP contribution in [0, 0.1) is 19.3 Å². The number of aryl methyl sites for hydroxylation is 1. The molecule has 0 aliphatic rings. The lowest BCUT2D eigenvalue weighted by molar-refractivity contribution is 0.374. The van der Waals surface area contributed by atoms with Gasteiger partial charge in [0.2, 0.25) is 0 Å². The first-order valence-electron chi connectivity index (χ1n) is 5.63. The molecule has 0 radical (unpaired) electrons. The average molecular weight is 238 g/mol. The topological polar surface area (TPSA) is 18.5 Å². The lowest BCUT2D eigenvalue weighted by Crippen LogP contribution is -1.95. The van der Waals surface area contributed by atoms with Crippen LogP contribution in [0.3, 0.4) is 0 Å². The third kappa shape index (κ3) is 2.31. The molecule has 0 N–H and O–H groups in total. The minimum Gasteiger partial charge on any atom is -0.480 e. The fraction of sp³-hybridized carbons (Fsp3) is 0.125. The van der Waals surface area contributed by atoms with E-state index in [1.54, 1.807) is 0 Å². The van der Waals surface area contributed by atoms with Crippen molar-refractivity contribution in [1.29, 1.82) is 0 Å². The Balaban J connectivity index is 2.56. The normalized spacial score (nSPS) is 9.78. The number of fused-ring (bicyclic) bond motifs is 1. The third-order valence-electron chi connectivity index (χ3n) is 2.66. The van der Waals surface area contributed by atoms with Crippen molar-refractivity contribution in [3.8, 4) is 23.8 Å². The summed E-state index contributed by atoms with van der Waals surface area (Å²) in [4.78, 5) is 0. The summed E-state index contributed by atoms with van der Waals surface area (Å²) in [6.07, 6.45) is 6.62. The van der Waals surface area contributed by atoms with Crippen molar-refractivity contribution in [2.75, 3.05) is 6.61 Å². The van der Waals surface area contributed by atoms with E-state index in [1.807, 2.05) is 31.2 Å². The molecule has 0 fully saturated rings. The maximum absolute atomic E-state index is 5.52. The van der Waals surface area contributed by atoms with Crippen LogP contribution in [0.1, 0.15) is 5.56 Å². The van der Waals surface area contributed by atoms with Crippen LogP contribution in [0.4, 0.5) is 0 Å². The first-order chi connectivity index (χ1) is 8.76. The number of terminal acetylenes is 1. The Hall–Kier alpha value is -2.40. The molecule has 0 unspecified atom stereocenters. The van der Waals surface area contributed by atoms with Gasteiger partial charge < -0.3 is 9.47 Å². The SMILES string of the molecule is C#CCOc1cccc2cc(C)c(OC=C)cc12. The maximum Gasteiger partial charge on any atom is 0.148 e. The Bertz CT molecular complexity index is 621. The Morgan fingerprint density at radius 3 is 2.89 bits per heavy atom. The van der Waals surface area contributed by atoms with Gasteiger partial charge >= 0.3 is 0 Å². The summed E-state index contributed by atoms with van der Waals surface area (Å²) < 4.78 is 10.9. The fourth-order valence-corrected chi connectivity index (χ4v) is 1.85. The number of hydrogen-bond acceptors (Lipinski definition) is 2. The summed E-state index contributed by atoms with van der Waals surface area (Å²) in [6.45, 7) is 5.82. The van der Waals surface area contributed by atoms with Crippen molar-refractivity contribution in [2.24, 2.45) is 0 Å². The van der Waals surface area contributed by atoms with Gasteiger partial charge in [-0.2, -0.15) is 0 Å². The van der Waals surface area contributed by atoms with Crippen LogP contribution in [-0.2, 0) is 0 Å². The van der Waals surface area contributed by atoms with Crippen LogP contribution in [0.2, 0.25) is 0 Å². The first kappa shape index (κ1) is 12.1. The summed E-state index contributed by atoms with van der Waals surface area (Å²) in [6, 6.07) is 9.87. The van der Waals surface area contributed by atoms with E-state index in [2.05, 4.69) is 18.6 Å². The van der Waals surface area contributed by atoms with E-state index in [-0.39, 0.29) is 6.61 Å². The van der Waals surface area contributed by atoms with Crippen LogP contribution in [-0.4, -0.2) is 6.61 Å². The number of benzene rings is 2. The largest absolute Gasteiger partial charge is 0.480 e. The molecule has 0 heterocycles. The van der Waals surface area contributed by atoms with E-state index in [4.69, 9.17) is 15.9 Å². The molecule has 0 saturated carbocycles. The Morgan fingerprint density at radius 1 is 1.33 bits per heavy atom. The van der Waals surface area contributed by atoms with Gasteiger partial charge in [0.25, 0.3) is 0 Å². The highest BCUT2D eigenvalue weighted by Crippen LogP contribution is 2.31. The number of hydrogen-bond donors (Lipinski definition) is 0. The lowest BCUT2D eigenvalue weighted by Gasteiger charge is -2.10. The summed E-state index contributed by atoms with van der Waals surface area (Å²) >= 11 is 0. The van der Waals surface area contributed by atoms with Gasteiger partial charge in [0, 0.05) is 5.39 Å². The molecule has 0 aliphatic heterocycles. The zero-order valence-corrected chi connectivity index (χ0v) is 10.3. The Labute approximate surface area is 107 Å².